The van der Waals surface area contributed by atoms with Crippen molar-refractivity contribution in [1.82, 2.24) is 4.98 Å². The molecule has 5 heteroatoms. The van der Waals surface area contributed by atoms with Crippen molar-refractivity contribution < 1.29 is 4.74 Å². The van der Waals surface area contributed by atoms with E-state index in [9.17, 15) is 0 Å². The molecular formula is C13H14BrN3O. The van der Waals surface area contributed by atoms with E-state index < -0.39 is 0 Å². The molecule has 0 unspecified atom stereocenters. The smallest absolute Gasteiger partial charge is 0.144 e. The molecule has 1 heterocycles. The second-order valence-electron chi connectivity index (χ2n) is 3.90. The zero-order valence-corrected chi connectivity index (χ0v) is 11.8. The number of rotatable bonds is 3. The number of anilines is 3. The number of nitrogens with zero attached hydrogens (tertiary/aromatic N) is 1. The largest absolute Gasteiger partial charge is 0.497 e. The summed E-state index contributed by atoms with van der Waals surface area (Å²) in [6.07, 6.45) is 1.62. The molecule has 0 saturated heterocycles. The molecule has 0 aliphatic rings. The van der Waals surface area contributed by atoms with Gasteiger partial charge in [-0.2, -0.15) is 0 Å². The van der Waals surface area contributed by atoms with Gasteiger partial charge in [-0.3, -0.25) is 0 Å². The molecular weight excluding hydrogens is 294 g/mol. The van der Waals surface area contributed by atoms with E-state index in [0.29, 0.717) is 5.69 Å². The number of nitrogens with one attached hydrogen (secondary N) is 1. The molecule has 0 spiro atoms. The van der Waals surface area contributed by atoms with Crippen molar-refractivity contribution in [2.24, 2.45) is 0 Å². The summed E-state index contributed by atoms with van der Waals surface area (Å²) in [6.45, 7) is 2.01. The summed E-state index contributed by atoms with van der Waals surface area (Å²) in [5.41, 5.74) is 8.34. The van der Waals surface area contributed by atoms with E-state index in [0.717, 1.165) is 27.3 Å². The highest BCUT2D eigenvalue weighted by Gasteiger charge is 2.05. The molecule has 0 fully saturated rings. The number of hydrogen-bond donors (Lipinski definition) is 2. The molecule has 2 rings (SSSR count). The predicted octanol–water partition coefficient (Wildman–Crippen LogP) is 3.49. The lowest BCUT2D eigenvalue weighted by atomic mass is 10.2. The van der Waals surface area contributed by atoms with Crippen LogP contribution >= 0.6 is 15.9 Å². The first kappa shape index (κ1) is 12.7. The fourth-order valence-electron chi connectivity index (χ4n) is 1.58. The molecule has 1 aromatic heterocycles. The van der Waals surface area contributed by atoms with Gasteiger partial charge < -0.3 is 15.8 Å². The van der Waals surface area contributed by atoms with Crippen LogP contribution in [0.2, 0.25) is 0 Å². The molecule has 4 nitrogen and oxygen atoms in total. The Hall–Kier alpha value is -1.75. The Morgan fingerprint density at radius 1 is 1.33 bits per heavy atom. The Balaban J connectivity index is 2.28. The van der Waals surface area contributed by atoms with Crippen LogP contribution in [0.25, 0.3) is 0 Å². The molecule has 94 valence electrons. The lowest BCUT2D eigenvalue weighted by molar-refractivity contribution is 0.414. The highest BCUT2D eigenvalue weighted by atomic mass is 79.9. The zero-order valence-electron chi connectivity index (χ0n) is 10.2. The Morgan fingerprint density at radius 2 is 2.11 bits per heavy atom. The minimum Gasteiger partial charge on any atom is -0.497 e. The highest BCUT2D eigenvalue weighted by molar-refractivity contribution is 9.10. The first-order chi connectivity index (χ1) is 8.60. The fourth-order valence-corrected chi connectivity index (χ4v) is 2.04. The molecule has 2 aromatic rings. The summed E-state index contributed by atoms with van der Waals surface area (Å²) in [5.74, 6) is 1.57. The number of halogens is 1. The zero-order chi connectivity index (χ0) is 13.1. The number of nitrogen functional groups attached to an aromatic ring is 1. The van der Waals surface area contributed by atoms with Crippen LogP contribution in [0.15, 0.2) is 34.9 Å². The Morgan fingerprint density at radius 3 is 2.72 bits per heavy atom. The van der Waals surface area contributed by atoms with Crippen LogP contribution in [0.4, 0.5) is 17.2 Å². The van der Waals surface area contributed by atoms with E-state index in [2.05, 4.69) is 26.2 Å². The van der Waals surface area contributed by atoms with E-state index in [1.165, 1.54) is 0 Å². The number of benzene rings is 1. The summed E-state index contributed by atoms with van der Waals surface area (Å²) in [5, 5.41) is 3.25. The third kappa shape index (κ3) is 2.73. The number of hydrogen-bond acceptors (Lipinski definition) is 4. The highest BCUT2D eigenvalue weighted by Crippen LogP contribution is 2.28. The normalized spacial score (nSPS) is 10.2. The first-order valence-electron chi connectivity index (χ1n) is 5.43. The number of pyridine rings is 1. The van der Waals surface area contributed by atoms with Gasteiger partial charge in [0.1, 0.15) is 11.6 Å². The summed E-state index contributed by atoms with van der Waals surface area (Å²) >= 11 is 3.43. The number of aromatic nitrogens is 1. The predicted molar refractivity (Wildman–Crippen MR) is 77.4 cm³/mol. The minimum atomic E-state index is 0.624. The van der Waals surface area contributed by atoms with Gasteiger partial charge in [0.2, 0.25) is 0 Å². The maximum Gasteiger partial charge on any atom is 0.144 e. The average molecular weight is 308 g/mol. The molecule has 1 aromatic carbocycles. The average Bonchev–Trinajstić information content (AvgIpc) is 2.34. The molecule has 0 aliphatic carbocycles. The molecule has 0 radical (unpaired) electrons. The van der Waals surface area contributed by atoms with Crippen molar-refractivity contribution in [3.8, 4) is 5.75 Å². The van der Waals surface area contributed by atoms with Gasteiger partial charge in [-0.15, -0.1) is 0 Å². The molecule has 0 atom stereocenters. The van der Waals surface area contributed by atoms with Crippen molar-refractivity contribution >= 4 is 33.1 Å². The number of methoxy groups -OCH3 is 1. The lowest BCUT2D eigenvalue weighted by Gasteiger charge is -2.11. The van der Waals surface area contributed by atoms with Crippen LogP contribution in [-0.2, 0) is 0 Å². The Bertz CT molecular complexity index is 572. The van der Waals surface area contributed by atoms with Crippen LogP contribution in [0.1, 0.15) is 5.56 Å². The van der Waals surface area contributed by atoms with Crippen LogP contribution in [0.5, 0.6) is 5.75 Å². The van der Waals surface area contributed by atoms with Gasteiger partial charge >= 0.3 is 0 Å². The maximum absolute atomic E-state index is 5.65. The van der Waals surface area contributed by atoms with Gasteiger partial charge in [0.05, 0.1) is 23.5 Å². The van der Waals surface area contributed by atoms with Crippen LogP contribution in [0.3, 0.4) is 0 Å². The minimum absolute atomic E-state index is 0.624. The van der Waals surface area contributed by atoms with Crippen LogP contribution < -0.4 is 15.8 Å². The van der Waals surface area contributed by atoms with E-state index >= 15 is 0 Å². The molecule has 3 N–H and O–H groups in total. The van der Waals surface area contributed by atoms with Gasteiger partial charge in [-0.1, -0.05) is 0 Å². The van der Waals surface area contributed by atoms with Gasteiger partial charge in [-0.25, -0.2) is 4.98 Å². The molecule has 0 saturated carbocycles. The van der Waals surface area contributed by atoms with Crippen molar-refractivity contribution in [3.05, 3.63) is 40.5 Å². The van der Waals surface area contributed by atoms with Gasteiger partial charge in [-0.05, 0) is 52.7 Å². The second-order valence-corrected chi connectivity index (χ2v) is 4.76. The van der Waals surface area contributed by atoms with Gasteiger partial charge in [0, 0.05) is 5.69 Å². The topological polar surface area (TPSA) is 60.2 Å². The van der Waals surface area contributed by atoms with Crippen molar-refractivity contribution in [1.29, 1.82) is 0 Å². The van der Waals surface area contributed by atoms with Crippen molar-refractivity contribution in [2.75, 3.05) is 18.2 Å². The van der Waals surface area contributed by atoms with E-state index in [1.54, 1.807) is 13.3 Å². The quantitative estimate of drug-likeness (QED) is 0.911. The molecule has 0 aliphatic heterocycles. The van der Waals surface area contributed by atoms with E-state index in [1.807, 2.05) is 31.2 Å². The number of aryl methyl sites for hydroxylation is 1. The molecule has 0 amide bonds. The van der Waals surface area contributed by atoms with Crippen molar-refractivity contribution in [2.45, 2.75) is 6.92 Å². The third-order valence-corrected chi connectivity index (χ3v) is 3.15. The SMILES string of the molecule is COc1ccc(Nc2ncc(N)cc2Br)c(C)c1. The van der Waals surface area contributed by atoms with Crippen LogP contribution in [0, 0.1) is 6.92 Å². The second kappa shape index (κ2) is 5.27. The Kier molecular flexibility index (Phi) is 3.72. The standard InChI is InChI=1S/C13H14BrN3O/c1-8-5-10(18-2)3-4-12(8)17-13-11(14)6-9(15)7-16-13/h3-7H,15H2,1-2H3,(H,16,17). The Labute approximate surface area is 114 Å². The molecule has 18 heavy (non-hydrogen) atoms. The lowest BCUT2D eigenvalue weighted by Crippen LogP contribution is -1.98. The summed E-state index contributed by atoms with van der Waals surface area (Å²) < 4.78 is 6.00. The van der Waals surface area contributed by atoms with E-state index in [4.69, 9.17) is 10.5 Å². The van der Waals surface area contributed by atoms with Gasteiger partial charge in [0.25, 0.3) is 0 Å². The van der Waals surface area contributed by atoms with Gasteiger partial charge in [0.15, 0.2) is 0 Å². The summed E-state index contributed by atoms with van der Waals surface area (Å²) in [4.78, 5) is 4.24. The maximum atomic E-state index is 5.65. The summed E-state index contributed by atoms with van der Waals surface area (Å²) in [7, 11) is 1.65. The van der Waals surface area contributed by atoms with Crippen molar-refractivity contribution in [3.63, 3.8) is 0 Å². The monoisotopic (exact) mass is 307 g/mol. The fraction of sp³-hybridized carbons (Fsp3) is 0.154. The summed E-state index contributed by atoms with van der Waals surface area (Å²) in [6, 6.07) is 7.64. The molecule has 0 bridgehead atoms. The van der Waals surface area contributed by atoms with Crippen LogP contribution in [-0.4, -0.2) is 12.1 Å². The third-order valence-electron chi connectivity index (χ3n) is 2.55. The first-order valence-corrected chi connectivity index (χ1v) is 6.22. The number of nitrogens with two attached hydrogens (primary N) is 1. The van der Waals surface area contributed by atoms with E-state index in [-0.39, 0.29) is 0 Å². The number of ether oxygens (including phenoxy) is 1.